The van der Waals surface area contributed by atoms with Gasteiger partial charge in [-0.25, -0.2) is 18.2 Å². The van der Waals surface area contributed by atoms with Gasteiger partial charge in [-0.3, -0.25) is 4.72 Å². The van der Waals surface area contributed by atoms with E-state index in [0.717, 1.165) is 15.3 Å². The number of benzene rings is 3. The van der Waals surface area contributed by atoms with Crippen molar-refractivity contribution in [2.24, 2.45) is 0 Å². The number of rotatable bonds is 7. The lowest BCUT2D eigenvalue weighted by Crippen LogP contribution is -2.14. The minimum absolute atomic E-state index is 0.00186. The molecule has 1 saturated carbocycles. The highest BCUT2D eigenvalue weighted by Crippen LogP contribution is 2.36. The van der Waals surface area contributed by atoms with Crippen LogP contribution in [0, 0.1) is 0 Å². The van der Waals surface area contributed by atoms with Gasteiger partial charge in [-0.15, -0.1) is 11.3 Å². The lowest BCUT2D eigenvalue weighted by Gasteiger charge is -2.21. The zero-order valence-electron chi connectivity index (χ0n) is 19.7. The molecule has 0 amide bonds. The second-order valence-electron chi connectivity index (χ2n) is 8.93. The van der Waals surface area contributed by atoms with E-state index in [-0.39, 0.29) is 21.9 Å². The van der Waals surface area contributed by atoms with Crippen molar-refractivity contribution in [3.05, 3.63) is 71.8 Å². The van der Waals surface area contributed by atoms with Crippen molar-refractivity contribution in [3.63, 3.8) is 0 Å². The normalized spacial score (nSPS) is 14.6. The monoisotopic (exact) mass is 522 g/mol. The molecule has 0 aliphatic heterocycles. The molecule has 1 aliphatic carbocycles. The molecule has 1 aliphatic rings. The molecule has 1 heterocycles. The number of aromatic nitrogens is 1. The Hall–Kier alpha value is -3.43. The Balaban J connectivity index is 1.39. The maximum absolute atomic E-state index is 13.1. The average molecular weight is 523 g/mol. The van der Waals surface area contributed by atoms with Crippen LogP contribution in [0.25, 0.3) is 20.8 Å². The fraction of sp³-hybridized carbons (Fsp3) is 0.259. The number of thiazole rings is 1. The van der Waals surface area contributed by atoms with E-state index < -0.39 is 16.0 Å². The molecule has 0 atom stereocenters. The summed E-state index contributed by atoms with van der Waals surface area (Å²) in [4.78, 5) is 16.0. The summed E-state index contributed by atoms with van der Waals surface area (Å²) < 4.78 is 34.7. The Kier molecular flexibility index (Phi) is 6.68. The van der Waals surface area contributed by atoms with Crippen LogP contribution >= 0.6 is 11.3 Å². The van der Waals surface area contributed by atoms with Crippen molar-refractivity contribution in [3.8, 4) is 16.3 Å². The lowest BCUT2D eigenvalue weighted by molar-refractivity contribution is 0.0696. The van der Waals surface area contributed by atoms with E-state index in [1.165, 1.54) is 80.4 Å². The number of fused-ring (bicyclic) bond motifs is 1. The van der Waals surface area contributed by atoms with Gasteiger partial charge < -0.3 is 9.84 Å². The number of carboxylic acids is 1. The summed E-state index contributed by atoms with van der Waals surface area (Å²) in [6.07, 6.45) is 6.43. The molecule has 0 bridgehead atoms. The first-order valence-corrected chi connectivity index (χ1v) is 14.1. The van der Waals surface area contributed by atoms with Crippen LogP contribution in [0.3, 0.4) is 0 Å². The number of methoxy groups -OCH3 is 1. The Morgan fingerprint density at radius 1 is 1.03 bits per heavy atom. The molecule has 3 aromatic carbocycles. The third-order valence-corrected chi connectivity index (χ3v) is 9.04. The molecule has 2 N–H and O–H groups in total. The van der Waals surface area contributed by atoms with Gasteiger partial charge in [-0.1, -0.05) is 43.5 Å². The SMILES string of the molecule is COc1cc(C(=O)O)ccc1NS(=O)(=O)c1ccc2sc(-c3ccc(C4CCCCC4)cc3)nc2c1. The van der Waals surface area contributed by atoms with Crippen molar-refractivity contribution >= 4 is 43.2 Å². The Morgan fingerprint density at radius 2 is 1.78 bits per heavy atom. The molecule has 1 aromatic heterocycles. The minimum atomic E-state index is -3.96. The number of nitrogens with zero attached hydrogens (tertiary/aromatic N) is 1. The third kappa shape index (κ3) is 4.94. The molecule has 0 radical (unpaired) electrons. The van der Waals surface area contributed by atoms with Gasteiger partial charge in [-0.2, -0.15) is 0 Å². The third-order valence-electron chi connectivity index (χ3n) is 6.60. The number of carbonyl (C=O) groups is 1. The molecule has 9 heteroatoms. The van der Waals surface area contributed by atoms with Gasteiger partial charge in [0.1, 0.15) is 10.8 Å². The topological polar surface area (TPSA) is 106 Å². The number of aromatic carboxylic acids is 1. The Bertz CT molecular complexity index is 1520. The highest BCUT2D eigenvalue weighted by Gasteiger charge is 2.20. The van der Waals surface area contributed by atoms with Crippen LogP contribution in [0.4, 0.5) is 5.69 Å². The number of ether oxygens (including phenoxy) is 1. The average Bonchev–Trinajstić information content (AvgIpc) is 3.33. The van der Waals surface area contributed by atoms with Gasteiger partial charge in [-0.05, 0) is 60.7 Å². The van der Waals surface area contributed by atoms with Crippen LogP contribution in [0.15, 0.2) is 65.6 Å². The Morgan fingerprint density at radius 3 is 2.47 bits per heavy atom. The maximum Gasteiger partial charge on any atom is 0.335 e. The first-order chi connectivity index (χ1) is 17.3. The number of sulfonamides is 1. The fourth-order valence-electron chi connectivity index (χ4n) is 4.64. The quantitative estimate of drug-likeness (QED) is 0.286. The van der Waals surface area contributed by atoms with E-state index in [2.05, 4.69) is 29.0 Å². The molecular weight excluding hydrogens is 496 g/mol. The number of hydrogen-bond acceptors (Lipinski definition) is 6. The molecular formula is C27H26N2O5S2. The van der Waals surface area contributed by atoms with Crippen LogP contribution in [0.5, 0.6) is 5.75 Å². The molecule has 36 heavy (non-hydrogen) atoms. The molecule has 186 valence electrons. The summed E-state index contributed by atoms with van der Waals surface area (Å²) in [5.74, 6) is -0.370. The second-order valence-corrected chi connectivity index (χ2v) is 11.6. The predicted octanol–water partition coefficient (Wildman–Crippen LogP) is 6.52. The van der Waals surface area contributed by atoms with E-state index in [1.54, 1.807) is 12.1 Å². The summed E-state index contributed by atoms with van der Waals surface area (Å²) in [6, 6.07) is 17.4. The summed E-state index contributed by atoms with van der Waals surface area (Å²) in [7, 11) is -2.61. The number of nitrogens with one attached hydrogen (secondary N) is 1. The van der Waals surface area contributed by atoms with E-state index in [9.17, 15) is 13.2 Å². The standard InChI is InChI=1S/C27H26N2O5S2/c1-34-24-15-20(27(30)31)11-13-22(24)29-36(32,33)21-12-14-25-23(16-21)28-26(35-25)19-9-7-18(8-10-19)17-5-3-2-4-6-17/h7-17,29H,2-6H2,1H3,(H,30,31). The van der Waals surface area contributed by atoms with Gasteiger partial charge in [0.15, 0.2) is 0 Å². The van der Waals surface area contributed by atoms with Gasteiger partial charge in [0.25, 0.3) is 10.0 Å². The van der Waals surface area contributed by atoms with Gasteiger partial charge in [0, 0.05) is 5.56 Å². The second kappa shape index (κ2) is 9.91. The van der Waals surface area contributed by atoms with Crippen LogP contribution in [-0.2, 0) is 10.0 Å². The van der Waals surface area contributed by atoms with Crippen LogP contribution in [0.2, 0.25) is 0 Å². The van der Waals surface area contributed by atoms with Gasteiger partial charge in [0.2, 0.25) is 0 Å². The van der Waals surface area contributed by atoms with E-state index in [4.69, 9.17) is 14.8 Å². The lowest BCUT2D eigenvalue weighted by atomic mass is 9.84. The van der Waals surface area contributed by atoms with E-state index in [0.29, 0.717) is 11.4 Å². The van der Waals surface area contributed by atoms with Crippen molar-refractivity contribution in [2.75, 3.05) is 11.8 Å². The van der Waals surface area contributed by atoms with Crippen molar-refractivity contribution in [1.82, 2.24) is 4.98 Å². The first-order valence-electron chi connectivity index (χ1n) is 11.8. The van der Waals surface area contributed by atoms with Crippen LogP contribution in [-0.4, -0.2) is 31.6 Å². The van der Waals surface area contributed by atoms with Crippen molar-refractivity contribution in [1.29, 1.82) is 0 Å². The zero-order chi connectivity index (χ0) is 25.3. The van der Waals surface area contributed by atoms with Crippen LogP contribution < -0.4 is 9.46 Å². The minimum Gasteiger partial charge on any atom is -0.495 e. The summed E-state index contributed by atoms with van der Waals surface area (Å²) in [6.45, 7) is 0. The largest absolute Gasteiger partial charge is 0.495 e. The number of carboxylic acid groups (broad SMARTS) is 1. The predicted molar refractivity (Wildman–Crippen MR) is 142 cm³/mol. The smallest absolute Gasteiger partial charge is 0.335 e. The molecule has 5 rings (SSSR count). The summed E-state index contributed by atoms with van der Waals surface area (Å²) in [5, 5.41) is 10.0. The molecule has 0 saturated heterocycles. The molecule has 7 nitrogen and oxygen atoms in total. The van der Waals surface area contributed by atoms with Gasteiger partial charge >= 0.3 is 5.97 Å². The first kappa shape index (κ1) is 24.3. The fourth-order valence-corrected chi connectivity index (χ4v) is 6.69. The summed E-state index contributed by atoms with van der Waals surface area (Å²) >= 11 is 1.52. The molecule has 1 fully saturated rings. The Labute approximate surface area is 213 Å². The van der Waals surface area contributed by atoms with Gasteiger partial charge in [0.05, 0.1) is 33.5 Å². The molecule has 0 unspecified atom stereocenters. The maximum atomic E-state index is 13.1. The number of hydrogen-bond donors (Lipinski definition) is 2. The zero-order valence-corrected chi connectivity index (χ0v) is 21.4. The van der Waals surface area contributed by atoms with Crippen molar-refractivity contribution < 1.29 is 23.1 Å². The highest BCUT2D eigenvalue weighted by molar-refractivity contribution is 7.92. The molecule has 4 aromatic rings. The molecule has 0 spiro atoms. The van der Waals surface area contributed by atoms with Crippen LogP contribution in [0.1, 0.15) is 53.9 Å². The van der Waals surface area contributed by atoms with E-state index in [1.807, 2.05) is 0 Å². The van der Waals surface area contributed by atoms with Crippen molar-refractivity contribution in [2.45, 2.75) is 42.9 Å². The highest BCUT2D eigenvalue weighted by atomic mass is 32.2. The number of anilines is 1. The van der Waals surface area contributed by atoms with E-state index >= 15 is 0 Å². The summed E-state index contributed by atoms with van der Waals surface area (Å²) in [5.41, 5.74) is 3.15.